The number of nitrogens with zero attached hydrogens (tertiary/aromatic N) is 2. The number of ketones is 1. The Balaban J connectivity index is 3.21. The van der Waals surface area contributed by atoms with E-state index in [1.165, 1.54) is 13.3 Å². The molecule has 0 saturated carbocycles. The molecule has 0 aliphatic carbocycles. The lowest BCUT2D eigenvalue weighted by Crippen LogP contribution is -2.38. The molecular weight excluding hydrogens is 232 g/mol. The zero-order chi connectivity index (χ0) is 13.8. The van der Waals surface area contributed by atoms with Crippen molar-refractivity contribution in [1.29, 1.82) is 0 Å². The van der Waals surface area contributed by atoms with Crippen LogP contribution in [0.25, 0.3) is 0 Å². The first-order valence-electron chi connectivity index (χ1n) is 6.41. The lowest BCUT2D eigenvalue weighted by Gasteiger charge is -2.24. The maximum atomic E-state index is 12.5. The van der Waals surface area contributed by atoms with Crippen LogP contribution in [0.5, 0.6) is 5.75 Å². The van der Waals surface area contributed by atoms with Gasteiger partial charge in [-0.15, -0.1) is 0 Å². The third-order valence-electron chi connectivity index (χ3n) is 3.27. The molecule has 0 saturated heterocycles. The molecule has 1 rings (SSSR count). The van der Waals surface area contributed by atoms with E-state index >= 15 is 0 Å². The lowest BCUT2D eigenvalue weighted by atomic mass is 9.90. The maximum Gasteiger partial charge on any atom is 0.216 e. The Bertz CT molecular complexity index is 408. The zero-order valence-corrected chi connectivity index (χ0v) is 11.6. The van der Waals surface area contributed by atoms with Gasteiger partial charge in [0, 0.05) is 6.54 Å². The highest BCUT2D eigenvalue weighted by Crippen LogP contribution is 2.27. The monoisotopic (exact) mass is 254 g/mol. The molecule has 1 N–H and O–H groups in total. The van der Waals surface area contributed by atoms with E-state index < -0.39 is 5.60 Å². The first-order valence-corrected chi connectivity index (χ1v) is 6.41. The van der Waals surface area contributed by atoms with Gasteiger partial charge in [-0.3, -0.25) is 9.48 Å². The van der Waals surface area contributed by atoms with Crippen molar-refractivity contribution in [2.45, 2.75) is 52.2 Å². The van der Waals surface area contributed by atoms with Crippen molar-refractivity contribution in [3.63, 3.8) is 0 Å². The van der Waals surface area contributed by atoms with Crippen LogP contribution in [0.2, 0.25) is 0 Å². The zero-order valence-electron chi connectivity index (χ0n) is 11.6. The predicted molar refractivity (Wildman–Crippen MR) is 68.9 cm³/mol. The van der Waals surface area contributed by atoms with Gasteiger partial charge in [-0.1, -0.05) is 20.8 Å². The number of carbonyl (C=O) groups excluding carboxylic acids is 1. The van der Waals surface area contributed by atoms with Crippen LogP contribution >= 0.6 is 0 Å². The highest BCUT2D eigenvalue weighted by molar-refractivity contribution is 6.03. The van der Waals surface area contributed by atoms with E-state index in [1.54, 1.807) is 18.5 Å². The SMILES string of the molecule is CCCn1ncc(OC)c1C(=O)C(O)(CC)CC. The number of Topliss-reactive ketones (excluding diaryl/α,β-unsaturated/α-hetero) is 1. The molecule has 5 nitrogen and oxygen atoms in total. The first kappa shape index (κ1) is 14.7. The number of rotatable bonds is 7. The molecule has 0 radical (unpaired) electrons. The predicted octanol–water partition coefficient (Wildman–Crippen LogP) is 2.04. The van der Waals surface area contributed by atoms with Crippen molar-refractivity contribution in [2.24, 2.45) is 0 Å². The standard InChI is InChI=1S/C13H22N2O3/c1-5-8-15-11(10(18-4)9-14-15)12(16)13(17,6-2)7-3/h9,17H,5-8H2,1-4H3. The summed E-state index contributed by atoms with van der Waals surface area (Å²) in [4.78, 5) is 12.5. The second-order valence-corrected chi connectivity index (χ2v) is 4.35. The topological polar surface area (TPSA) is 64.4 Å². The van der Waals surface area contributed by atoms with Gasteiger partial charge in [0.05, 0.1) is 13.3 Å². The molecule has 1 aromatic rings. The van der Waals surface area contributed by atoms with Crippen LogP contribution in [0.3, 0.4) is 0 Å². The number of aryl methyl sites for hydroxylation is 1. The summed E-state index contributed by atoms with van der Waals surface area (Å²) in [5.41, 5.74) is -0.968. The number of aromatic nitrogens is 2. The molecule has 0 bridgehead atoms. The highest BCUT2D eigenvalue weighted by Gasteiger charge is 2.36. The second kappa shape index (κ2) is 6.00. The van der Waals surface area contributed by atoms with Gasteiger partial charge in [0.1, 0.15) is 11.3 Å². The maximum absolute atomic E-state index is 12.5. The van der Waals surface area contributed by atoms with Crippen LogP contribution in [0, 0.1) is 0 Å². The van der Waals surface area contributed by atoms with Crippen LogP contribution in [-0.4, -0.2) is 33.4 Å². The van der Waals surface area contributed by atoms with Crippen LogP contribution in [0.1, 0.15) is 50.5 Å². The molecule has 0 amide bonds. The molecule has 0 fully saturated rings. The molecule has 1 aromatic heterocycles. The minimum absolute atomic E-state index is 0.310. The average molecular weight is 254 g/mol. The average Bonchev–Trinajstić information content (AvgIpc) is 2.80. The van der Waals surface area contributed by atoms with E-state index in [4.69, 9.17) is 4.74 Å². The van der Waals surface area contributed by atoms with Crippen molar-refractivity contribution < 1.29 is 14.6 Å². The van der Waals surface area contributed by atoms with Gasteiger partial charge >= 0.3 is 0 Å². The first-order chi connectivity index (χ1) is 8.53. The van der Waals surface area contributed by atoms with E-state index in [0.29, 0.717) is 30.8 Å². The molecule has 0 unspecified atom stereocenters. The molecule has 0 atom stereocenters. The van der Waals surface area contributed by atoms with Gasteiger partial charge in [-0.25, -0.2) is 0 Å². The van der Waals surface area contributed by atoms with Gasteiger partial charge in [0.15, 0.2) is 5.75 Å². The summed E-state index contributed by atoms with van der Waals surface area (Å²) >= 11 is 0. The number of methoxy groups -OCH3 is 1. The molecule has 18 heavy (non-hydrogen) atoms. The van der Waals surface area contributed by atoms with Crippen molar-refractivity contribution in [3.05, 3.63) is 11.9 Å². The third kappa shape index (κ3) is 2.56. The number of aliphatic hydroxyl groups is 1. The minimum Gasteiger partial charge on any atom is -0.493 e. The number of hydrogen-bond acceptors (Lipinski definition) is 4. The quantitative estimate of drug-likeness (QED) is 0.756. The van der Waals surface area contributed by atoms with E-state index in [0.717, 1.165) is 6.42 Å². The Morgan fingerprint density at radius 1 is 1.44 bits per heavy atom. The van der Waals surface area contributed by atoms with E-state index in [1.807, 2.05) is 6.92 Å². The van der Waals surface area contributed by atoms with Crippen LogP contribution < -0.4 is 4.74 Å². The number of carbonyl (C=O) groups is 1. The lowest BCUT2D eigenvalue weighted by molar-refractivity contribution is 0.0264. The summed E-state index contributed by atoms with van der Waals surface area (Å²) in [5, 5.41) is 14.5. The summed E-state index contributed by atoms with van der Waals surface area (Å²) in [6, 6.07) is 0. The molecule has 0 aliphatic rings. The fourth-order valence-corrected chi connectivity index (χ4v) is 1.92. The van der Waals surface area contributed by atoms with Gasteiger partial charge < -0.3 is 9.84 Å². The smallest absolute Gasteiger partial charge is 0.216 e. The van der Waals surface area contributed by atoms with Crippen LogP contribution in [-0.2, 0) is 6.54 Å². The second-order valence-electron chi connectivity index (χ2n) is 4.35. The third-order valence-corrected chi connectivity index (χ3v) is 3.27. The molecule has 0 aromatic carbocycles. The van der Waals surface area contributed by atoms with Crippen molar-refractivity contribution >= 4 is 5.78 Å². The Hall–Kier alpha value is -1.36. The van der Waals surface area contributed by atoms with Gasteiger partial charge in [0.2, 0.25) is 5.78 Å². The van der Waals surface area contributed by atoms with Crippen molar-refractivity contribution in [2.75, 3.05) is 7.11 Å². The minimum atomic E-state index is -1.33. The van der Waals surface area contributed by atoms with Gasteiger partial charge in [-0.05, 0) is 19.3 Å². The Morgan fingerprint density at radius 3 is 2.50 bits per heavy atom. The van der Waals surface area contributed by atoms with Gasteiger partial charge in [-0.2, -0.15) is 5.10 Å². The molecule has 1 heterocycles. The van der Waals surface area contributed by atoms with E-state index in [2.05, 4.69) is 5.10 Å². The Kier molecular flexibility index (Phi) is 4.90. The molecular formula is C13H22N2O3. The van der Waals surface area contributed by atoms with Crippen LogP contribution in [0.15, 0.2) is 6.20 Å². The summed E-state index contributed by atoms with van der Waals surface area (Å²) in [7, 11) is 1.50. The van der Waals surface area contributed by atoms with Crippen LogP contribution in [0.4, 0.5) is 0 Å². The largest absolute Gasteiger partial charge is 0.493 e. The summed E-state index contributed by atoms with van der Waals surface area (Å²) in [6.45, 7) is 6.24. The summed E-state index contributed by atoms with van der Waals surface area (Å²) in [6.07, 6.45) is 3.14. The fourth-order valence-electron chi connectivity index (χ4n) is 1.92. The Labute approximate surface area is 108 Å². The fraction of sp³-hybridized carbons (Fsp3) is 0.692. The Morgan fingerprint density at radius 2 is 2.06 bits per heavy atom. The summed E-state index contributed by atoms with van der Waals surface area (Å²) < 4.78 is 6.77. The van der Waals surface area contributed by atoms with Gasteiger partial charge in [0.25, 0.3) is 0 Å². The molecule has 0 aliphatic heterocycles. The molecule has 5 heteroatoms. The van der Waals surface area contributed by atoms with Crippen molar-refractivity contribution in [3.8, 4) is 5.75 Å². The number of ether oxygens (including phenoxy) is 1. The molecule has 102 valence electrons. The highest BCUT2D eigenvalue weighted by atomic mass is 16.5. The molecule has 0 spiro atoms. The summed E-state index contributed by atoms with van der Waals surface area (Å²) in [5.74, 6) is 0.115. The van der Waals surface area contributed by atoms with Crippen molar-refractivity contribution in [1.82, 2.24) is 9.78 Å². The normalized spacial score (nSPS) is 11.6. The van der Waals surface area contributed by atoms with E-state index in [-0.39, 0.29) is 5.78 Å². The van der Waals surface area contributed by atoms with E-state index in [9.17, 15) is 9.90 Å². The number of hydrogen-bond donors (Lipinski definition) is 1.